The molecule has 3 atom stereocenters. The molecule has 0 aromatic heterocycles. The van der Waals surface area contributed by atoms with Crippen molar-refractivity contribution in [1.29, 1.82) is 0 Å². The van der Waals surface area contributed by atoms with E-state index in [2.05, 4.69) is 0 Å². The average molecular weight is 469 g/mol. The largest absolute Gasteiger partial charge is 0.507 e. The summed E-state index contributed by atoms with van der Waals surface area (Å²) in [6, 6.07) is 4.69. The van der Waals surface area contributed by atoms with Gasteiger partial charge < -0.3 is 29.1 Å². The molecule has 1 aliphatic carbocycles. The number of aliphatic hydroxyl groups excluding tert-OH is 1. The first kappa shape index (κ1) is 24.0. The van der Waals surface area contributed by atoms with Crippen LogP contribution >= 0.6 is 0 Å². The lowest BCUT2D eigenvalue weighted by atomic mass is 9.88. The second-order valence-electron chi connectivity index (χ2n) is 9.19. The summed E-state index contributed by atoms with van der Waals surface area (Å²) in [6.45, 7) is 2.92. The minimum absolute atomic E-state index is 0.0594. The van der Waals surface area contributed by atoms with Crippen LogP contribution in [0.1, 0.15) is 24.5 Å². The van der Waals surface area contributed by atoms with Crippen molar-refractivity contribution in [2.24, 2.45) is 0 Å². The van der Waals surface area contributed by atoms with Crippen molar-refractivity contribution in [3.8, 4) is 5.75 Å². The Morgan fingerprint density at radius 3 is 2.65 bits per heavy atom. The van der Waals surface area contributed by atoms with E-state index in [0.717, 1.165) is 23.3 Å². The third-order valence-electron chi connectivity index (χ3n) is 6.57. The lowest BCUT2D eigenvalue weighted by molar-refractivity contribution is -0.139. The van der Waals surface area contributed by atoms with Gasteiger partial charge in [-0.05, 0) is 56.4 Å². The molecule has 3 aliphatic rings. The van der Waals surface area contributed by atoms with Crippen molar-refractivity contribution in [1.82, 2.24) is 9.80 Å². The predicted molar refractivity (Wildman–Crippen MR) is 127 cm³/mol. The van der Waals surface area contributed by atoms with Crippen LogP contribution in [-0.2, 0) is 25.5 Å². The zero-order valence-corrected chi connectivity index (χ0v) is 20.3. The molecule has 4 rings (SSSR count). The molecule has 182 valence electrons. The maximum Gasteiger partial charge on any atom is 0.295 e. The van der Waals surface area contributed by atoms with Gasteiger partial charge in [0, 0.05) is 38.6 Å². The predicted octanol–water partition coefficient (Wildman–Crippen LogP) is 2.50. The number of aliphatic hydroxyl groups is 1. The molecule has 8 heteroatoms. The Hall–Kier alpha value is -3.10. The summed E-state index contributed by atoms with van der Waals surface area (Å²) in [5, 5.41) is 11.4. The molecule has 2 heterocycles. The van der Waals surface area contributed by atoms with Crippen molar-refractivity contribution in [3.63, 3.8) is 0 Å². The number of allylic oxidation sites excluding steroid dienone is 2. The first-order valence-corrected chi connectivity index (χ1v) is 11.5. The van der Waals surface area contributed by atoms with Crippen LogP contribution in [0, 0.1) is 0 Å². The molecule has 1 N–H and O–H groups in total. The number of carbonyl (C=O) groups excluding carboxylic acids is 2. The SMILES string of the molecule is COC1=CC=C([C@@H]2C(=C(O)c3ccc4c(c3)C[C@H](C)O4)C(=O)C(=O)N2CCN(C)C)C[C@@H]1OC. The van der Waals surface area contributed by atoms with Crippen LogP contribution in [0.5, 0.6) is 5.75 Å². The monoisotopic (exact) mass is 468 g/mol. The number of rotatable bonds is 7. The summed E-state index contributed by atoms with van der Waals surface area (Å²) in [5.41, 5.74) is 2.38. The van der Waals surface area contributed by atoms with Crippen LogP contribution < -0.4 is 4.74 Å². The van der Waals surface area contributed by atoms with E-state index in [9.17, 15) is 14.7 Å². The van der Waals surface area contributed by atoms with Gasteiger partial charge in [-0.15, -0.1) is 0 Å². The van der Waals surface area contributed by atoms with E-state index in [1.54, 1.807) is 37.3 Å². The fourth-order valence-electron chi connectivity index (χ4n) is 4.81. The molecular formula is C26H32N2O6. The van der Waals surface area contributed by atoms with Gasteiger partial charge in [0.15, 0.2) is 0 Å². The molecule has 1 aromatic rings. The number of hydrogen-bond acceptors (Lipinski definition) is 7. The van der Waals surface area contributed by atoms with Gasteiger partial charge in [-0.25, -0.2) is 0 Å². The summed E-state index contributed by atoms with van der Waals surface area (Å²) in [6.07, 6.45) is 4.54. The summed E-state index contributed by atoms with van der Waals surface area (Å²) in [7, 11) is 7.00. The Labute approximate surface area is 200 Å². The van der Waals surface area contributed by atoms with Gasteiger partial charge >= 0.3 is 0 Å². The summed E-state index contributed by atoms with van der Waals surface area (Å²) >= 11 is 0. The number of ether oxygens (including phenoxy) is 3. The fraction of sp³-hybridized carbons (Fsp3) is 0.462. The highest BCUT2D eigenvalue weighted by Gasteiger charge is 2.47. The van der Waals surface area contributed by atoms with Crippen LogP contribution in [0.25, 0.3) is 5.76 Å². The van der Waals surface area contributed by atoms with Crippen LogP contribution in [0.4, 0.5) is 0 Å². The molecule has 1 amide bonds. The quantitative estimate of drug-likeness (QED) is 0.374. The zero-order valence-electron chi connectivity index (χ0n) is 20.3. The van der Waals surface area contributed by atoms with E-state index >= 15 is 0 Å². The average Bonchev–Trinajstić information content (AvgIpc) is 3.32. The number of ketones is 1. The van der Waals surface area contributed by atoms with Crippen LogP contribution in [0.3, 0.4) is 0 Å². The summed E-state index contributed by atoms with van der Waals surface area (Å²) in [4.78, 5) is 29.9. The van der Waals surface area contributed by atoms with Crippen molar-refractivity contribution < 1.29 is 28.9 Å². The van der Waals surface area contributed by atoms with E-state index in [4.69, 9.17) is 14.2 Å². The topological polar surface area (TPSA) is 88.5 Å². The summed E-state index contributed by atoms with van der Waals surface area (Å²) in [5.74, 6) is -0.00785. The molecule has 2 aliphatic heterocycles. The molecule has 0 unspecified atom stereocenters. The number of fused-ring (bicyclic) bond motifs is 1. The first-order chi connectivity index (χ1) is 16.2. The lowest BCUT2D eigenvalue weighted by Gasteiger charge is -2.31. The lowest BCUT2D eigenvalue weighted by Crippen LogP contribution is -2.41. The third kappa shape index (κ3) is 4.35. The maximum absolute atomic E-state index is 13.2. The number of likely N-dealkylation sites (N-methyl/N-ethyl adjacent to an activating group) is 1. The van der Waals surface area contributed by atoms with Gasteiger partial charge in [0.25, 0.3) is 11.7 Å². The van der Waals surface area contributed by atoms with Crippen molar-refractivity contribution in [2.45, 2.75) is 38.0 Å². The number of benzene rings is 1. The minimum Gasteiger partial charge on any atom is -0.507 e. The van der Waals surface area contributed by atoms with Crippen LogP contribution in [0.2, 0.25) is 0 Å². The highest BCUT2D eigenvalue weighted by atomic mass is 16.5. The number of nitrogens with zero attached hydrogens (tertiary/aromatic N) is 2. The Bertz CT molecular complexity index is 1090. The molecule has 0 saturated carbocycles. The van der Waals surface area contributed by atoms with Gasteiger partial charge in [-0.3, -0.25) is 9.59 Å². The van der Waals surface area contributed by atoms with Crippen molar-refractivity contribution >= 4 is 17.4 Å². The third-order valence-corrected chi connectivity index (χ3v) is 6.57. The minimum atomic E-state index is -0.685. The maximum atomic E-state index is 13.2. The van der Waals surface area contributed by atoms with Gasteiger partial charge in [0.05, 0.1) is 18.7 Å². The van der Waals surface area contributed by atoms with Crippen molar-refractivity contribution in [3.05, 3.63) is 58.4 Å². The molecule has 34 heavy (non-hydrogen) atoms. The second kappa shape index (κ2) is 9.64. The van der Waals surface area contributed by atoms with Gasteiger partial charge in [-0.2, -0.15) is 0 Å². The fourth-order valence-corrected chi connectivity index (χ4v) is 4.81. The number of hydrogen-bond donors (Lipinski definition) is 1. The molecular weight excluding hydrogens is 436 g/mol. The number of amides is 1. The normalized spacial score (nSPS) is 25.8. The second-order valence-corrected chi connectivity index (χ2v) is 9.19. The highest BCUT2D eigenvalue weighted by Crippen LogP contribution is 2.38. The highest BCUT2D eigenvalue weighted by molar-refractivity contribution is 6.47. The number of methoxy groups -OCH3 is 2. The smallest absolute Gasteiger partial charge is 0.295 e. The van der Waals surface area contributed by atoms with E-state index < -0.39 is 17.7 Å². The van der Waals surface area contributed by atoms with Crippen LogP contribution in [-0.4, -0.2) is 86.3 Å². The van der Waals surface area contributed by atoms with Crippen LogP contribution in [0.15, 0.2) is 47.3 Å². The number of carbonyl (C=O) groups is 2. The van der Waals surface area contributed by atoms with E-state index in [-0.39, 0.29) is 23.5 Å². The molecule has 8 nitrogen and oxygen atoms in total. The van der Waals surface area contributed by atoms with Gasteiger partial charge in [-0.1, -0.05) is 6.08 Å². The number of Topliss-reactive ketones (excluding diaryl/α,β-unsaturated/α-hetero) is 1. The van der Waals surface area contributed by atoms with Crippen molar-refractivity contribution in [2.75, 3.05) is 41.4 Å². The Morgan fingerprint density at radius 1 is 1.21 bits per heavy atom. The van der Waals surface area contributed by atoms with E-state index in [1.807, 2.05) is 38.1 Å². The number of likely N-dealkylation sites (tertiary alicyclic amines) is 1. The Balaban J connectivity index is 1.80. The van der Waals surface area contributed by atoms with Gasteiger partial charge in [0.2, 0.25) is 0 Å². The molecule has 0 spiro atoms. The van der Waals surface area contributed by atoms with E-state index in [0.29, 0.717) is 30.8 Å². The summed E-state index contributed by atoms with van der Waals surface area (Å²) < 4.78 is 16.8. The standard InChI is InChI=1S/C26H32N2O6/c1-15-12-18-13-17(7-8-19(18)34-15)24(29)22-23(16-6-9-20(32-4)21(14-16)33-5)28(11-10-27(2)3)26(31)25(22)30/h6-9,13,15,21,23,29H,10-12,14H2,1-5H3/t15-,21-,23+/m0/s1. The zero-order chi connectivity index (χ0) is 24.6. The Kier molecular flexibility index (Phi) is 6.81. The molecule has 0 radical (unpaired) electrons. The Morgan fingerprint density at radius 2 is 1.97 bits per heavy atom. The molecule has 1 fully saturated rings. The molecule has 1 saturated heterocycles. The molecule has 0 bridgehead atoms. The molecule has 1 aromatic carbocycles. The first-order valence-electron chi connectivity index (χ1n) is 11.5. The van der Waals surface area contributed by atoms with E-state index in [1.165, 1.54) is 0 Å². The van der Waals surface area contributed by atoms with Gasteiger partial charge in [0.1, 0.15) is 29.5 Å².